The van der Waals surface area contributed by atoms with Crippen LogP contribution in [0.1, 0.15) is 13.0 Å². The number of benzene rings is 1. The summed E-state index contributed by atoms with van der Waals surface area (Å²) in [6, 6.07) is 11.0. The van der Waals surface area contributed by atoms with E-state index >= 15 is 0 Å². The standard InChI is InChI=1S/C17H19N2S/c1-14(19-12-11-18(2)13-19)16-9-6-10-17(16)20-15-7-4-3-5-8-15/h3-14,16H,1-2H3/q+1/t14-,16?/m1/s1. The zero-order valence-electron chi connectivity index (χ0n) is 11.8. The number of hydrogen-bond donors (Lipinski definition) is 0. The topological polar surface area (TPSA) is 8.81 Å². The molecule has 1 unspecified atom stereocenters. The molecule has 0 fully saturated rings. The first-order valence-electron chi connectivity index (χ1n) is 6.88. The van der Waals surface area contributed by atoms with E-state index in [2.05, 4.69) is 90.4 Å². The fourth-order valence-electron chi connectivity index (χ4n) is 2.50. The molecule has 0 amide bonds. The molecule has 0 aliphatic heterocycles. The Hall–Kier alpha value is -1.74. The van der Waals surface area contributed by atoms with E-state index in [4.69, 9.17) is 0 Å². The quantitative estimate of drug-likeness (QED) is 0.777. The van der Waals surface area contributed by atoms with Gasteiger partial charge in [0.1, 0.15) is 18.4 Å². The molecule has 1 aromatic carbocycles. The fraction of sp³-hybridized carbons (Fsp3) is 0.235. The average molecular weight is 283 g/mol. The van der Waals surface area contributed by atoms with Crippen molar-refractivity contribution in [2.24, 2.45) is 13.0 Å². The van der Waals surface area contributed by atoms with E-state index < -0.39 is 0 Å². The second-order valence-corrected chi connectivity index (χ2v) is 6.31. The normalized spacial score (nSPS) is 19.1. The molecular formula is C17H19N2S+. The number of allylic oxidation sites excluding steroid dienone is 4. The van der Waals surface area contributed by atoms with E-state index in [1.807, 2.05) is 11.8 Å². The summed E-state index contributed by atoms with van der Waals surface area (Å²) < 4.78 is 4.36. The summed E-state index contributed by atoms with van der Waals surface area (Å²) in [6.07, 6.45) is 13.1. The number of thioether (sulfide) groups is 1. The molecule has 1 heterocycles. The molecule has 0 saturated carbocycles. The lowest BCUT2D eigenvalue weighted by atomic mass is 10.0. The molecule has 0 N–H and O–H groups in total. The number of aryl methyl sites for hydroxylation is 1. The largest absolute Gasteiger partial charge is 0.243 e. The molecule has 3 rings (SSSR count). The molecule has 1 aromatic heterocycles. The van der Waals surface area contributed by atoms with Crippen molar-refractivity contribution in [3.05, 3.63) is 72.2 Å². The van der Waals surface area contributed by atoms with Crippen LogP contribution in [0, 0.1) is 5.92 Å². The molecule has 0 spiro atoms. The highest BCUT2D eigenvalue weighted by molar-refractivity contribution is 8.03. The number of aromatic nitrogens is 2. The number of imidazole rings is 1. The Morgan fingerprint density at radius 1 is 1.25 bits per heavy atom. The number of rotatable bonds is 4. The van der Waals surface area contributed by atoms with Gasteiger partial charge in [0.2, 0.25) is 6.33 Å². The lowest BCUT2D eigenvalue weighted by molar-refractivity contribution is -0.671. The van der Waals surface area contributed by atoms with Crippen LogP contribution in [0.5, 0.6) is 0 Å². The molecule has 2 atom stereocenters. The van der Waals surface area contributed by atoms with Crippen molar-refractivity contribution in [3.8, 4) is 0 Å². The maximum Gasteiger partial charge on any atom is 0.243 e. The molecule has 20 heavy (non-hydrogen) atoms. The van der Waals surface area contributed by atoms with Gasteiger partial charge in [-0.1, -0.05) is 48.2 Å². The Balaban J connectivity index is 1.76. The molecule has 0 saturated heterocycles. The lowest BCUT2D eigenvalue weighted by Crippen LogP contribution is -2.25. The van der Waals surface area contributed by atoms with Gasteiger partial charge >= 0.3 is 0 Å². The molecule has 2 aromatic rings. The second kappa shape index (κ2) is 5.71. The van der Waals surface area contributed by atoms with Crippen LogP contribution in [-0.2, 0) is 7.05 Å². The molecule has 2 nitrogen and oxygen atoms in total. The number of hydrogen-bond acceptors (Lipinski definition) is 1. The van der Waals surface area contributed by atoms with Crippen LogP contribution in [-0.4, -0.2) is 4.57 Å². The Morgan fingerprint density at radius 3 is 2.75 bits per heavy atom. The third-order valence-corrected chi connectivity index (χ3v) is 4.82. The second-order valence-electron chi connectivity index (χ2n) is 5.16. The Kier molecular flexibility index (Phi) is 3.79. The van der Waals surface area contributed by atoms with Gasteiger partial charge in [0.05, 0.1) is 7.05 Å². The Labute approximate surface area is 124 Å². The molecule has 0 bridgehead atoms. The van der Waals surface area contributed by atoms with E-state index in [9.17, 15) is 0 Å². The summed E-state index contributed by atoms with van der Waals surface area (Å²) in [5, 5.41) is 0. The van der Waals surface area contributed by atoms with Crippen molar-refractivity contribution in [3.63, 3.8) is 0 Å². The minimum absolute atomic E-state index is 0.428. The van der Waals surface area contributed by atoms with Crippen LogP contribution in [0.15, 0.2) is 77.1 Å². The van der Waals surface area contributed by atoms with Crippen LogP contribution in [0.3, 0.4) is 0 Å². The van der Waals surface area contributed by atoms with Crippen molar-refractivity contribution >= 4 is 11.8 Å². The molecule has 102 valence electrons. The molecular weight excluding hydrogens is 264 g/mol. The highest BCUT2D eigenvalue weighted by Crippen LogP contribution is 2.40. The summed E-state index contributed by atoms with van der Waals surface area (Å²) in [4.78, 5) is 2.72. The van der Waals surface area contributed by atoms with Gasteiger partial charge in [-0.05, 0) is 19.1 Å². The number of nitrogens with zero attached hydrogens (tertiary/aromatic N) is 2. The van der Waals surface area contributed by atoms with Gasteiger partial charge in [-0.2, -0.15) is 0 Å². The smallest absolute Gasteiger partial charge is 0.240 e. The van der Waals surface area contributed by atoms with Crippen LogP contribution >= 0.6 is 11.8 Å². The van der Waals surface area contributed by atoms with Crippen LogP contribution in [0.2, 0.25) is 0 Å². The van der Waals surface area contributed by atoms with Gasteiger partial charge in [0.15, 0.2) is 0 Å². The van der Waals surface area contributed by atoms with Crippen molar-refractivity contribution in [2.45, 2.75) is 17.9 Å². The van der Waals surface area contributed by atoms with Gasteiger partial charge < -0.3 is 0 Å². The lowest BCUT2D eigenvalue weighted by Gasteiger charge is -2.18. The van der Waals surface area contributed by atoms with Crippen molar-refractivity contribution in [1.29, 1.82) is 0 Å². The first kappa shape index (κ1) is 13.3. The van der Waals surface area contributed by atoms with Gasteiger partial charge in [0.25, 0.3) is 0 Å². The van der Waals surface area contributed by atoms with Crippen LogP contribution in [0.25, 0.3) is 0 Å². The van der Waals surface area contributed by atoms with Gasteiger partial charge in [-0.25, -0.2) is 9.13 Å². The Morgan fingerprint density at radius 2 is 2.05 bits per heavy atom. The highest BCUT2D eigenvalue weighted by atomic mass is 32.2. The maximum absolute atomic E-state index is 2.30. The summed E-state index contributed by atoms with van der Waals surface area (Å²) in [6.45, 7) is 2.28. The minimum Gasteiger partial charge on any atom is -0.240 e. The highest BCUT2D eigenvalue weighted by Gasteiger charge is 2.26. The van der Waals surface area contributed by atoms with E-state index in [1.54, 1.807) is 0 Å². The van der Waals surface area contributed by atoms with E-state index in [1.165, 1.54) is 9.80 Å². The van der Waals surface area contributed by atoms with E-state index in [0.717, 1.165) is 0 Å². The molecule has 3 heteroatoms. The van der Waals surface area contributed by atoms with E-state index in [-0.39, 0.29) is 0 Å². The summed E-state index contributed by atoms with van der Waals surface area (Å²) in [5.74, 6) is 0.451. The van der Waals surface area contributed by atoms with Crippen molar-refractivity contribution < 1.29 is 4.57 Å². The third kappa shape index (κ3) is 2.73. The summed E-state index contributed by atoms with van der Waals surface area (Å²) in [7, 11) is 2.06. The molecule has 0 radical (unpaired) electrons. The fourth-order valence-corrected chi connectivity index (χ4v) is 3.62. The molecule has 1 aliphatic rings. The van der Waals surface area contributed by atoms with Crippen LogP contribution in [0.4, 0.5) is 0 Å². The van der Waals surface area contributed by atoms with Gasteiger partial charge in [-0.15, -0.1) is 0 Å². The predicted molar refractivity (Wildman–Crippen MR) is 83.3 cm³/mol. The average Bonchev–Trinajstić information content (AvgIpc) is 3.08. The first-order chi connectivity index (χ1) is 9.74. The maximum atomic E-state index is 2.30. The monoisotopic (exact) mass is 283 g/mol. The zero-order valence-corrected chi connectivity index (χ0v) is 12.6. The van der Waals surface area contributed by atoms with Crippen molar-refractivity contribution in [2.75, 3.05) is 0 Å². The SMILES string of the molecule is C[C@H](C1C=CC=C1Sc1ccccc1)n1cc[n+](C)c1. The van der Waals surface area contributed by atoms with Gasteiger partial charge in [0, 0.05) is 15.7 Å². The first-order valence-corrected chi connectivity index (χ1v) is 7.70. The summed E-state index contributed by atoms with van der Waals surface area (Å²) in [5.41, 5.74) is 0. The third-order valence-electron chi connectivity index (χ3n) is 3.67. The van der Waals surface area contributed by atoms with E-state index in [0.29, 0.717) is 12.0 Å². The summed E-state index contributed by atoms with van der Waals surface area (Å²) >= 11 is 1.87. The van der Waals surface area contributed by atoms with Crippen molar-refractivity contribution in [1.82, 2.24) is 4.57 Å². The predicted octanol–water partition coefficient (Wildman–Crippen LogP) is 3.74. The molecule has 1 aliphatic carbocycles. The zero-order chi connectivity index (χ0) is 13.9. The minimum atomic E-state index is 0.428. The van der Waals surface area contributed by atoms with Crippen LogP contribution < -0.4 is 4.57 Å². The van der Waals surface area contributed by atoms with Gasteiger partial charge in [-0.3, -0.25) is 0 Å². The Bertz CT molecular complexity index is 640.